The normalized spacial score (nSPS) is 14.9. The average molecular weight is 455 g/mol. The predicted molar refractivity (Wildman–Crippen MR) is 118 cm³/mol. The number of para-hydroxylation sites is 1. The van der Waals surface area contributed by atoms with Gasteiger partial charge in [0.15, 0.2) is 0 Å². The van der Waals surface area contributed by atoms with Crippen LogP contribution in [0.15, 0.2) is 68.7 Å². The molecule has 1 fully saturated rings. The third-order valence-corrected chi connectivity index (χ3v) is 6.85. The number of likely N-dealkylation sites (tertiary alicyclic amines) is 1. The molecule has 0 radical (unpaired) electrons. The molecule has 166 valence electrons. The van der Waals surface area contributed by atoms with Crippen LogP contribution < -0.4 is 16.1 Å². The van der Waals surface area contributed by atoms with Gasteiger partial charge in [-0.1, -0.05) is 12.1 Å². The largest absolute Gasteiger partial charge is 0.423 e. The third-order valence-electron chi connectivity index (χ3n) is 5.49. The lowest BCUT2D eigenvalue weighted by molar-refractivity contribution is -0.123. The molecular weight excluding hydrogens is 434 g/mol. The summed E-state index contributed by atoms with van der Waals surface area (Å²) in [6.45, 7) is 0.729. The molecule has 0 bridgehead atoms. The number of anilines is 1. The van der Waals surface area contributed by atoms with Gasteiger partial charge in [0.1, 0.15) is 5.58 Å². The highest BCUT2D eigenvalue weighted by molar-refractivity contribution is 7.92. The first-order valence-corrected chi connectivity index (χ1v) is 11.5. The monoisotopic (exact) mass is 455 g/mol. The van der Waals surface area contributed by atoms with Gasteiger partial charge in [-0.25, -0.2) is 13.2 Å². The molecular formula is C22H21N3O6S. The molecule has 3 N–H and O–H groups in total. The van der Waals surface area contributed by atoms with Crippen molar-refractivity contribution in [2.45, 2.75) is 17.7 Å². The number of carbonyl (C=O) groups excluding carboxylic acids is 2. The Bertz CT molecular complexity index is 1360. The van der Waals surface area contributed by atoms with Gasteiger partial charge in [-0.15, -0.1) is 0 Å². The zero-order valence-corrected chi connectivity index (χ0v) is 17.8. The van der Waals surface area contributed by atoms with E-state index < -0.39 is 15.6 Å². The molecule has 32 heavy (non-hydrogen) atoms. The SMILES string of the molecule is NC(=O)C1CCN(C(=O)c2ccccc2NS(=O)(=O)c2ccc3oc(=O)ccc3c2)CC1. The van der Waals surface area contributed by atoms with Crippen molar-refractivity contribution in [3.8, 4) is 0 Å². The fourth-order valence-electron chi connectivity index (χ4n) is 3.72. The number of sulfonamides is 1. The lowest BCUT2D eigenvalue weighted by atomic mass is 9.96. The summed E-state index contributed by atoms with van der Waals surface area (Å²) in [5, 5.41) is 0.453. The highest BCUT2D eigenvalue weighted by atomic mass is 32.2. The summed E-state index contributed by atoms with van der Waals surface area (Å²) in [5.74, 6) is -0.962. The number of piperidine rings is 1. The molecule has 0 aliphatic carbocycles. The Kier molecular flexibility index (Phi) is 5.70. The van der Waals surface area contributed by atoms with E-state index in [-0.39, 0.29) is 39.5 Å². The molecule has 1 aromatic heterocycles. The number of rotatable bonds is 5. The van der Waals surface area contributed by atoms with E-state index in [2.05, 4.69) is 4.72 Å². The van der Waals surface area contributed by atoms with Crippen LogP contribution in [0.3, 0.4) is 0 Å². The molecule has 2 heterocycles. The lowest BCUT2D eigenvalue weighted by Gasteiger charge is -2.31. The van der Waals surface area contributed by atoms with Gasteiger partial charge in [-0.2, -0.15) is 0 Å². The smallest absolute Gasteiger partial charge is 0.336 e. The van der Waals surface area contributed by atoms with Gasteiger partial charge in [0.05, 0.1) is 16.1 Å². The highest BCUT2D eigenvalue weighted by Crippen LogP contribution is 2.25. The highest BCUT2D eigenvalue weighted by Gasteiger charge is 2.28. The van der Waals surface area contributed by atoms with E-state index in [1.807, 2.05) is 0 Å². The number of nitrogens with zero attached hydrogens (tertiary/aromatic N) is 1. The Labute approximate surface area is 183 Å². The molecule has 1 aliphatic heterocycles. The first-order chi connectivity index (χ1) is 15.2. The first-order valence-electron chi connectivity index (χ1n) is 9.99. The van der Waals surface area contributed by atoms with Crippen LogP contribution >= 0.6 is 0 Å². The lowest BCUT2D eigenvalue weighted by Crippen LogP contribution is -2.42. The number of hydrogen-bond donors (Lipinski definition) is 2. The van der Waals surface area contributed by atoms with Crippen molar-refractivity contribution in [2.24, 2.45) is 11.7 Å². The number of amides is 2. The van der Waals surface area contributed by atoms with Gasteiger partial charge >= 0.3 is 5.63 Å². The Morgan fingerprint density at radius 2 is 1.75 bits per heavy atom. The number of nitrogens with one attached hydrogen (secondary N) is 1. The van der Waals surface area contributed by atoms with Crippen molar-refractivity contribution in [3.05, 3.63) is 70.6 Å². The molecule has 10 heteroatoms. The summed E-state index contributed by atoms with van der Waals surface area (Å²) in [6, 6.07) is 13.2. The maximum Gasteiger partial charge on any atom is 0.336 e. The molecule has 1 aliphatic rings. The average Bonchev–Trinajstić information content (AvgIpc) is 2.78. The van der Waals surface area contributed by atoms with E-state index in [4.69, 9.17) is 10.2 Å². The number of benzene rings is 2. The Balaban J connectivity index is 1.59. The molecule has 9 nitrogen and oxygen atoms in total. The van der Waals surface area contributed by atoms with E-state index in [1.165, 1.54) is 36.4 Å². The Morgan fingerprint density at radius 3 is 2.47 bits per heavy atom. The molecule has 0 atom stereocenters. The fourth-order valence-corrected chi connectivity index (χ4v) is 4.83. The summed E-state index contributed by atoms with van der Waals surface area (Å²) in [5.41, 5.74) is 5.45. The second kappa shape index (κ2) is 8.46. The van der Waals surface area contributed by atoms with Crippen LogP contribution in [0.1, 0.15) is 23.2 Å². The van der Waals surface area contributed by atoms with Gasteiger partial charge in [0.2, 0.25) is 5.91 Å². The summed E-state index contributed by atoms with van der Waals surface area (Å²) < 4.78 is 33.5. The molecule has 2 amide bonds. The second-order valence-corrected chi connectivity index (χ2v) is 9.26. The maximum atomic E-state index is 13.1. The van der Waals surface area contributed by atoms with E-state index >= 15 is 0 Å². The van der Waals surface area contributed by atoms with Crippen LogP contribution in [0.5, 0.6) is 0 Å². The maximum absolute atomic E-state index is 13.1. The van der Waals surface area contributed by atoms with Gasteiger partial charge in [0.25, 0.3) is 15.9 Å². The number of hydrogen-bond acceptors (Lipinski definition) is 6. The molecule has 1 saturated heterocycles. The minimum Gasteiger partial charge on any atom is -0.423 e. The molecule has 0 unspecified atom stereocenters. The third kappa shape index (κ3) is 4.35. The fraction of sp³-hybridized carbons (Fsp3) is 0.227. The standard InChI is InChI=1S/C22H21N3O6S/c23-21(27)14-9-11-25(12-10-14)22(28)17-3-1-2-4-18(17)24-32(29,30)16-6-7-19-15(13-16)5-8-20(26)31-19/h1-8,13-14,24H,9-12H2,(H2,23,27). The Hall–Kier alpha value is -3.66. The number of fused-ring (bicyclic) bond motifs is 1. The molecule has 3 aromatic rings. The van der Waals surface area contributed by atoms with Crippen LogP contribution in [-0.4, -0.2) is 38.2 Å². The van der Waals surface area contributed by atoms with Crippen molar-refractivity contribution >= 4 is 38.5 Å². The van der Waals surface area contributed by atoms with E-state index in [0.717, 1.165) is 0 Å². The first kappa shape index (κ1) is 21.6. The quantitative estimate of drug-likeness (QED) is 0.564. The zero-order valence-electron chi connectivity index (χ0n) is 17.0. The van der Waals surface area contributed by atoms with Gasteiger partial charge in [-0.05, 0) is 49.2 Å². The zero-order chi connectivity index (χ0) is 22.9. The van der Waals surface area contributed by atoms with Gasteiger partial charge in [-0.3, -0.25) is 14.3 Å². The van der Waals surface area contributed by atoms with Crippen molar-refractivity contribution in [2.75, 3.05) is 17.8 Å². The van der Waals surface area contributed by atoms with Crippen molar-refractivity contribution in [1.82, 2.24) is 4.90 Å². The number of primary amides is 1. The minimum absolute atomic E-state index is 0.0385. The summed E-state index contributed by atoms with van der Waals surface area (Å²) in [6.07, 6.45) is 0.949. The summed E-state index contributed by atoms with van der Waals surface area (Å²) in [4.78, 5) is 37.3. The van der Waals surface area contributed by atoms with Crippen molar-refractivity contribution in [3.63, 3.8) is 0 Å². The molecule has 0 saturated carbocycles. The topological polar surface area (TPSA) is 140 Å². The Morgan fingerprint density at radius 1 is 1.03 bits per heavy atom. The molecule has 2 aromatic carbocycles. The van der Waals surface area contributed by atoms with Crippen LogP contribution in [0, 0.1) is 5.92 Å². The van der Waals surface area contributed by atoms with E-state index in [0.29, 0.717) is 31.3 Å². The summed E-state index contributed by atoms with van der Waals surface area (Å²) >= 11 is 0. The van der Waals surface area contributed by atoms with Crippen LogP contribution in [-0.2, 0) is 14.8 Å². The van der Waals surface area contributed by atoms with Crippen molar-refractivity contribution in [1.29, 1.82) is 0 Å². The number of carbonyl (C=O) groups is 2. The minimum atomic E-state index is -4.02. The molecule has 4 rings (SSSR count). The van der Waals surface area contributed by atoms with E-state index in [1.54, 1.807) is 23.1 Å². The van der Waals surface area contributed by atoms with Crippen LogP contribution in [0.25, 0.3) is 11.0 Å². The van der Waals surface area contributed by atoms with E-state index in [9.17, 15) is 22.8 Å². The predicted octanol–water partition coefficient (Wildman–Crippen LogP) is 1.93. The molecule has 0 spiro atoms. The summed E-state index contributed by atoms with van der Waals surface area (Å²) in [7, 11) is -4.02. The van der Waals surface area contributed by atoms with Gasteiger partial charge < -0.3 is 15.1 Å². The van der Waals surface area contributed by atoms with Crippen molar-refractivity contribution < 1.29 is 22.4 Å². The van der Waals surface area contributed by atoms with Gasteiger partial charge in [0, 0.05) is 30.5 Å². The van der Waals surface area contributed by atoms with Crippen LogP contribution in [0.4, 0.5) is 5.69 Å². The van der Waals surface area contributed by atoms with Crippen LogP contribution in [0.2, 0.25) is 0 Å². The second-order valence-electron chi connectivity index (χ2n) is 7.57. The number of nitrogens with two attached hydrogens (primary N) is 1.